The number of sulfonamides is 1. The molecular formula is C14H25N3O3S. The summed E-state index contributed by atoms with van der Waals surface area (Å²) >= 11 is 0. The molecule has 0 fully saturated rings. The van der Waals surface area contributed by atoms with E-state index in [0.29, 0.717) is 16.9 Å². The molecule has 120 valence electrons. The standard InChI is InChI=1S/C14H25N3O3S/c1-10(2)20-7-5-4-6-17-13-8-12(15)9-14(11(13)3)21(16,18)19/h8-10,17H,4-7,15H2,1-3H3,(H2,16,18,19). The van der Waals surface area contributed by atoms with Crippen LogP contribution in [0.5, 0.6) is 0 Å². The van der Waals surface area contributed by atoms with Crippen LogP contribution in [-0.4, -0.2) is 27.7 Å². The number of anilines is 2. The van der Waals surface area contributed by atoms with Crippen LogP contribution in [-0.2, 0) is 14.8 Å². The molecule has 0 aliphatic heterocycles. The lowest BCUT2D eigenvalue weighted by Crippen LogP contribution is -2.15. The average Bonchev–Trinajstić information content (AvgIpc) is 2.35. The Morgan fingerprint density at radius 1 is 1.29 bits per heavy atom. The maximum absolute atomic E-state index is 11.5. The number of nitrogens with two attached hydrogens (primary N) is 2. The van der Waals surface area contributed by atoms with E-state index in [1.807, 2.05) is 13.8 Å². The minimum absolute atomic E-state index is 0.0631. The molecule has 6 nitrogen and oxygen atoms in total. The summed E-state index contributed by atoms with van der Waals surface area (Å²) in [6.07, 6.45) is 2.10. The summed E-state index contributed by atoms with van der Waals surface area (Å²) in [5, 5.41) is 8.39. The molecule has 0 spiro atoms. The molecule has 7 heteroatoms. The van der Waals surface area contributed by atoms with Crippen LogP contribution in [0.1, 0.15) is 32.3 Å². The van der Waals surface area contributed by atoms with Crippen LogP contribution in [0.4, 0.5) is 11.4 Å². The zero-order valence-electron chi connectivity index (χ0n) is 12.8. The first-order chi connectivity index (χ1) is 9.71. The molecule has 0 aliphatic carbocycles. The van der Waals surface area contributed by atoms with Crippen molar-refractivity contribution < 1.29 is 13.2 Å². The van der Waals surface area contributed by atoms with Gasteiger partial charge in [-0.2, -0.15) is 0 Å². The monoisotopic (exact) mass is 315 g/mol. The van der Waals surface area contributed by atoms with E-state index in [-0.39, 0.29) is 11.0 Å². The van der Waals surface area contributed by atoms with Gasteiger partial charge in [0.2, 0.25) is 10.0 Å². The Hall–Kier alpha value is -1.31. The third-order valence-electron chi connectivity index (χ3n) is 3.03. The lowest BCUT2D eigenvalue weighted by atomic mass is 10.1. The third kappa shape index (κ3) is 5.91. The van der Waals surface area contributed by atoms with E-state index < -0.39 is 10.0 Å². The second-order valence-electron chi connectivity index (χ2n) is 5.29. The van der Waals surface area contributed by atoms with E-state index in [9.17, 15) is 8.42 Å². The van der Waals surface area contributed by atoms with Gasteiger partial charge in [-0.25, -0.2) is 13.6 Å². The van der Waals surface area contributed by atoms with Crippen molar-refractivity contribution in [3.05, 3.63) is 17.7 Å². The molecule has 1 aromatic rings. The summed E-state index contributed by atoms with van der Waals surface area (Å²) in [7, 11) is -3.77. The minimum Gasteiger partial charge on any atom is -0.399 e. The van der Waals surface area contributed by atoms with Crippen molar-refractivity contribution in [3.63, 3.8) is 0 Å². The zero-order chi connectivity index (χ0) is 16.0. The number of benzene rings is 1. The largest absolute Gasteiger partial charge is 0.399 e. The van der Waals surface area contributed by atoms with Gasteiger partial charge in [0.05, 0.1) is 11.0 Å². The smallest absolute Gasteiger partial charge is 0.238 e. The summed E-state index contributed by atoms with van der Waals surface area (Å²) in [4.78, 5) is 0.0631. The van der Waals surface area contributed by atoms with Gasteiger partial charge >= 0.3 is 0 Å². The molecule has 0 aromatic heterocycles. The molecule has 0 bridgehead atoms. The van der Waals surface area contributed by atoms with Crippen molar-refractivity contribution in [2.75, 3.05) is 24.2 Å². The quantitative estimate of drug-likeness (QED) is 0.501. The van der Waals surface area contributed by atoms with Gasteiger partial charge in [-0.15, -0.1) is 0 Å². The van der Waals surface area contributed by atoms with Crippen LogP contribution in [0, 0.1) is 6.92 Å². The van der Waals surface area contributed by atoms with Crippen molar-refractivity contribution in [1.82, 2.24) is 0 Å². The van der Waals surface area contributed by atoms with Crippen LogP contribution >= 0.6 is 0 Å². The lowest BCUT2D eigenvalue weighted by molar-refractivity contribution is 0.0765. The molecule has 1 rings (SSSR count). The second-order valence-corrected chi connectivity index (χ2v) is 6.82. The zero-order valence-corrected chi connectivity index (χ0v) is 13.7. The maximum atomic E-state index is 11.5. The Bertz CT molecular complexity index is 571. The first-order valence-electron chi connectivity index (χ1n) is 7.00. The lowest BCUT2D eigenvalue weighted by Gasteiger charge is -2.14. The molecule has 0 radical (unpaired) electrons. The fourth-order valence-corrected chi connectivity index (χ4v) is 2.79. The molecule has 0 saturated carbocycles. The molecule has 5 N–H and O–H groups in total. The van der Waals surface area contributed by atoms with Crippen LogP contribution in [0.25, 0.3) is 0 Å². The van der Waals surface area contributed by atoms with E-state index in [0.717, 1.165) is 26.0 Å². The van der Waals surface area contributed by atoms with Crippen molar-refractivity contribution in [2.24, 2.45) is 5.14 Å². The number of primary sulfonamides is 1. The first-order valence-corrected chi connectivity index (χ1v) is 8.55. The molecule has 1 aromatic carbocycles. The molecule has 0 saturated heterocycles. The van der Waals surface area contributed by atoms with Gasteiger partial charge in [0, 0.05) is 24.5 Å². The number of unbranched alkanes of at least 4 members (excludes halogenated alkanes) is 1. The Balaban J connectivity index is 2.62. The number of ether oxygens (including phenoxy) is 1. The number of hydrogen-bond donors (Lipinski definition) is 3. The van der Waals surface area contributed by atoms with Gasteiger partial charge in [-0.05, 0) is 51.3 Å². The normalized spacial score (nSPS) is 11.9. The molecular weight excluding hydrogens is 290 g/mol. The SMILES string of the molecule is Cc1c(NCCCCOC(C)C)cc(N)cc1S(N)(=O)=O. The van der Waals surface area contributed by atoms with Crippen LogP contribution in [0.3, 0.4) is 0 Å². The minimum atomic E-state index is -3.77. The first kappa shape index (κ1) is 17.7. The Morgan fingerprint density at radius 3 is 2.52 bits per heavy atom. The third-order valence-corrected chi connectivity index (χ3v) is 4.06. The number of hydrogen-bond acceptors (Lipinski definition) is 5. The van der Waals surface area contributed by atoms with E-state index in [1.165, 1.54) is 6.07 Å². The fraction of sp³-hybridized carbons (Fsp3) is 0.571. The number of rotatable bonds is 8. The molecule has 21 heavy (non-hydrogen) atoms. The predicted molar refractivity (Wildman–Crippen MR) is 85.8 cm³/mol. The highest BCUT2D eigenvalue weighted by Crippen LogP contribution is 2.26. The van der Waals surface area contributed by atoms with Gasteiger partial charge in [-0.1, -0.05) is 0 Å². The van der Waals surface area contributed by atoms with Crippen molar-refractivity contribution in [2.45, 2.75) is 44.6 Å². The fourth-order valence-electron chi connectivity index (χ4n) is 1.96. The van der Waals surface area contributed by atoms with Crippen molar-refractivity contribution in [1.29, 1.82) is 0 Å². The maximum Gasteiger partial charge on any atom is 0.238 e. The van der Waals surface area contributed by atoms with Crippen LogP contribution < -0.4 is 16.2 Å². The van der Waals surface area contributed by atoms with Gasteiger partial charge < -0.3 is 15.8 Å². The van der Waals surface area contributed by atoms with Gasteiger partial charge in [-0.3, -0.25) is 0 Å². The predicted octanol–water partition coefficient (Wildman–Crippen LogP) is 1.84. The Labute approximate surface area is 126 Å². The summed E-state index contributed by atoms with van der Waals surface area (Å²) in [5.74, 6) is 0. The van der Waals surface area contributed by atoms with Crippen LogP contribution in [0.15, 0.2) is 17.0 Å². The van der Waals surface area contributed by atoms with Gasteiger partial charge in [0.1, 0.15) is 0 Å². The molecule has 0 unspecified atom stereocenters. The Kier molecular flexibility index (Phi) is 6.44. The van der Waals surface area contributed by atoms with E-state index in [2.05, 4.69) is 5.32 Å². The van der Waals surface area contributed by atoms with E-state index in [4.69, 9.17) is 15.6 Å². The second kappa shape index (κ2) is 7.63. The summed E-state index contributed by atoms with van der Waals surface area (Å²) in [6.45, 7) is 7.16. The van der Waals surface area contributed by atoms with Crippen LogP contribution in [0.2, 0.25) is 0 Å². The highest BCUT2D eigenvalue weighted by molar-refractivity contribution is 7.89. The number of nitrogens with one attached hydrogen (secondary N) is 1. The summed E-state index contributed by atoms with van der Waals surface area (Å²) < 4.78 is 28.5. The van der Waals surface area contributed by atoms with Crippen molar-refractivity contribution >= 4 is 21.4 Å². The van der Waals surface area contributed by atoms with E-state index in [1.54, 1.807) is 13.0 Å². The van der Waals surface area contributed by atoms with Gasteiger partial charge in [0.25, 0.3) is 0 Å². The number of nitrogen functional groups attached to an aromatic ring is 1. The van der Waals surface area contributed by atoms with Crippen molar-refractivity contribution in [3.8, 4) is 0 Å². The molecule has 0 heterocycles. The average molecular weight is 315 g/mol. The van der Waals surface area contributed by atoms with E-state index >= 15 is 0 Å². The molecule has 0 amide bonds. The summed E-state index contributed by atoms with van der Waals surface area (Å²) in [6, 6.07) is 3.10. The topological polar surface area (TPSA) is 107 Å². The molecule has 0 aliphatic rings. The summed E-state index contributed by atoms with van der Waals surface area (Å²) in [5.41, 5.74) is 7.39. The highest BCUT2D eigenvalue weighted by Gasteiger charge is 2.15. The highest BCUT2D eigenvalue weighted by atomic mass is 32.2. The Morgan fingerprint density at radius 2 is 1.95 bits per heavy atom. The van der Waals surface area contributed by atoms with Gasteiger partial charge in [0.15, 0.2) is 0 Å². The molecule has 0 atom stereocenters.